The number of nitrogens with one attached hydrogen (secondary N) is 1. The van der Waals surface area contributed by atoms with E-state index in [0.29, 0.717) is 11.6 Å². The maximum absolute atomic E-state index is 9.13. The normalized spacial score (nSPS) is 12.9. The Labute approximate surface area is 121 Å². The molecule has 0 spiro atoms. The summed E-state index contributed by atoms with van der Waals surface area (Å²) in [4.78, 5) is 7.30. The lowest BCUT2D eigenvalue weighted by Gasteiger charge is -2.11. The summed E-state index contributed by atoms with van der Waals surface area (Å²) in [6.07, 6.45) is 4.24. The third-order valence-electron chi connectivity index (χ3n) is 3.38. The Morgan fingerprint density at radius 2 is 2.35 bits per heavy atom. The number of aliphatic hydroxyl groups excluding tert-OH is 1. The standard InChI is InChI=1S/C14H15ClN4O/c1-9(4-6-20)19-12-7-13(15)17-8-10(12)14(18-19)11-3-2-5-16-11/h2-3,5,7-9,16,20H,4,6H2,1H3. The number of aromatic amines is 1. The molecule has 1 atom stereocenters. The molecular formula is C14H15ClN4O. The Balaban J connectivity index is 2.22. The van der Waals surface area contributed by atoms with Crippen molar-refractivity contribution < 1.29 is 5.11 Å². The highest BCUT2D eigenvalue weighted by molar-refractivity contribution is 6.30. The molecule has 0 saturated heterocycles. The molecule has 1 unspecified atom stereocenters. The predicted molar refractivity (Wildman–Crippen MR) is 78.7 cm³/mol. The first-order chi connectivity index (χ1) is 9.70. The minimum Gasteiger partial charge on any atom is -0.396 e. The van der Waals surface area contributed by atoms with E-state index in [0.717, 1.165) is 22.3 Å². The van der Waals surface area contributed by atoms with E-state index < -0.39 is 0 Å². The molecule has 3 aromatic rings. The van der Waals surface area contributed by atoms with Gasteiger partial charge in [-0.3, -0.25) is 4.68 Å². The molecular weight excluding hydrogens is 276 g/mol. The number of nitrogens with zero attached hydrogens (tertiary/aromatic N) is 3. The van der Waals surface area contributed by atoms with Crippen LogP contribution in [0.4, 0.5) is 0 Å². The third-order valence-corrected chi connectivity index (χ3v) is 3.58. The van der Waals surface area contributed by atoms with Crippen molar-refractivity contribution in [2.24, 2.45) is 0 Å². The van der Waals surface area contributed by atoms with E-state index >= 15 is 0 Å². The van der Waals surface area contributed by atoms with Crippen LogP contribution in [0.15, 0.2) is 30.6 Å². The lowest BCUT2D eigenvalue weighted by Crippen LogP contribution is -2.08. The molecule has 0 amide bonds. The summed E-state index contributed by atoms with van der Waals surface area (Å²) in [6, 6.07) is 5.80. The summed E-state index contributed by atoms with van der Waals surface area (Å²) in [5.74, 6) is 0. The summed E-state index contributed by atoms with van der Waals surface area (Å²) in [7, 11) is 0. The zero-order chi connectivity index (χ0) is 14.1. The van der Waals surface area contributed by atoms with Crippen molar-refractivity contribution in [1.29, 1.82) is 0 Å². The Morgan fingerprint density at radius 1 is 1.50 bits per heavy atom. The third kappa shape index (κ3) is 2.19. The van der Waals surface area contributed by atoms with Crippen LogP contribution in [0.2, 0.25) is 5.15 Å². The molecule has 0 radical (unpaired) electrons. The fourth-order valence-corrected chi connectivity index (χ4v) is 2.48. The van der Waals surface area contributed by atoms with Gasteiger partial charge >= 0.3 is 0 Å². The van der Waals surface area contributed by atoms with E-state index in [4.69, 9.17) is 16.7 Å². The second kappa shape index (κ2) is 5.26. The average Bonchev–Trinajstić information content (AvgIpc) is 3.04. The molecule has 5 nitrogen and oxygen atoms in total. The number of fused-ring (bicyclic) bond motifs is 1. The molecule has 0 bridgehead atoms. The Kier molecular flexibility index (Phi) is 3.46. The fourth-order valence-electron chi connectivity index (χ4n) is 2.33. The first kappa shape index (κ1) is 13.1. The van der Waals surface area contributed by atoms with Crippen LogP contribution in [0, 0.1) is 0 Å². The van der Waals surface area contributed by atoms with Gasteiger partial charge in [0.1, 0.15) is 10.8 Å². The second-order valence-electron chi connectivity index (χ2n) is 4.76. The van der Waals surface area contributed by atoms with Gasteiger partial charge in [0.15, 0.2) is 0 Å². The molecule has 2 N–H and O–H groups in total. The number of hydrogen-bond donors (Lipinski definition) is 2. The van der Waals surface area contributed by atoms with Crippen LogP contribution in [0.1, 0.15) is 19.4 Å². The van der Waals surface area contributed by atoms with Crippen LogP contribution in [-0.2, 0) is 0 Å². The molecule has 0 aliphatic heterocycles. The smallest absolute Gasteiger partial charge is 0.131 e. The summed E-state index contributed by atoms with van der Waals surface area (Å²) in [6.45, 7) is 2.15. The van der Waals surface area contributed by atoms with Gasteiger partial charge in [0.2, 0.25) is 0 Å². The van der Waals surface area contributed by atoms with Crippen molar-refractivity contribution in [3.05, 3.63) is 35.7 Å². The summed E-state index contributed by atoms with van der Waals surface area (Å²) < 4.78 is 1.90. The van der Waals surface area contributed by atoms with Gasteiger partial charge in [0.05, 0.1) is 17.3 Å². The molecule has 3 heterocycles. The van der Waals surface area contributed by atoms with Crippen LogP contribution in [0.5, 0.6) is 0 Å². The molecule has 0 fully saturated rings. The maximum atomic E-state index is 9.13. The zero-order valence-corrected chi connectivity index (χ0v) is 11.8. The van der Waals surface area contributed by atoms with Crippen molar-refractivity contribution in [2.45, 2.75) is 19.4 Å². The van der Waals surface area contributed by atoms with Crippen LogP contribution in [0.25, 0.3) is 22.3 Å². The van der Waals surface area contributed by atoms with Crippen molar-refractivity contribution in [3.8, 4) is 11.4 Å². The number of halogens is 1. The van der Waals surface area contributed by atoms with E-state index in [1.807, 2.05) is 36.0 Å². The van der Waals surface area contributed by atoms with Gasteiger partial charge in [0.25, 0.3) is 0 Å². The van der Waals surface area contributed by atoms with E-state index in [2.05, 4.69) is 15.1 Å². The largest absolute Gasteiger partial charge is 0.396 e. The highest BCUT2D eigenvalue weighted by atomic mass is 35.5. The Bertz CT molecular complexity index is 720. The number of H-pyrrole nitrogens is 1. The van der Waals surface area contributed by atoms with Crippen molar-refractivity contribution in [3.63, 3.8) is 0 Å². The molecule has 0 aliphatic carbocycles. The van der Waals surface area contributed by atoms with E-state index in [1.54, 1.807) is 6.20 Å². The molecule has 104 valence electrons. The van der Waals surface area contributed by atoms with Gasteiger partial charge in [-0.25, -0.2) is 4.98 Å². The lowest BCUT2D eigenvalue weighted by atomic mass is 10.2. The average molecular weight is 291 g/mol. The summed E-state index contributed by atoms with van der Waals surface area (Å²) in [5.41, 5.74) is 2.71. The first-order valence-electron chi connectivity index (χ1n) is 6.49. The van der Waals surface area contributed by atoms with Gasteiger partial charge < -0.3 is 10.1 Å². The van der Waals surface area contributed by atoms with Crippen molar-refractivity contribution >= 4 is 22.5 Å². The quantitative estimate of drug-likeness (QED) is 0.726. The number of aliphatic hydroxyl groups is 1. The Morgan fingerprint density at radius 3 is 3.05 bits per heavy atom. The summed E-state index contributed by atoms with van der Waals surface area (Å²) in [5, 5.41) is 15.2. The second-order valence-corrected chi connectivity index (χ2v) is 5.15. The van der Waals surface area contributed by atoms with E-state index in [1.165, 1.54) is 0 Å². The molecule has 6 heteroatoms. The minimum absolute atomic E-state index is 0.0877. The molecule has 0 saturated carbocycles. The highest BCUT2D eigenvalue weighted by Crippen LogP contribution is 2.30. The first-order valence-corrected chi connectivity index (χ1v) is 6.87. The van der Waals surface area contributed by atoms with E-state index in [9.17, 15) is 0 Å². The van der Waals surface area contributed by atoms with Crippen LogP contribution >= 0.6 is 11.6 Å². The van der Waals surface area contributed by atoms with Crippen LogP contribution in [-0.4, -0.2) is 31.5 Å². The number of hydrogen-bond acceptors (Lipinski definition) is 3. The molecule has 3 rings (SSSR count). The van der Waals surface area contributed by atoms with E-state index in [-0.39, 0.29) is 12.6 Å². The number of pyridine rings is 1. The SMILES string of the molecule is CC(CCO)n1nc(-c2ccc[nH]2)c2cnc(Cl)cc21. The van der Waals surface area contributed by atoms with Gasteiger partial charge in [-0.2, -0.15) is 5.10 Å². The lowest BCUT2D eigenvalue weighted by molar-refractivity contribution is 0.259. The Hall–Kier alpha value is -1.85. The van der Waals surface area contributed by atoms with Gasteiger partial charge in [-0.1, -0.05) is 11.6 Å². The van der Waals surface area contributed by atoms with Crippen LogP contribution in [0.3, 0.4) is 0 Å². The molecule has 0 aliphatic rings. The predicted octanol–water partition coefficient (Wildman–Crippen LogP) is 3.02. The van der Waals surface area contributed by atoms with Crippen molar-refractivity contribution in [2.75, 3.05) is 6.61 Å². The molecule has 20 heavy (non-hydrogen) atoms. The van der Waals surface area contributed by atoms with Gasteiger partial charge in [-0.15, -0.1) is 0 Å². The monoisotopic (exact) mass is 290 g/mol. The number of rotatable bonds is 4. The zero-order valence-electron chi connectivity index (χ0n) is 11.0. The minimum atomic E-state index is 0.0877. The van der Waals surface area contributed by atoms with Gasteiger partial charge in [-0.05, 0) is 25.5 Å². The topological polar surface area (TPSA) is 66.7 Å². The van der Waals surface area contributed by atoms with Crippen LogP contribution < -0.4 is 0 Å². The number of aromatic nitrogens is 4. The summed E-state index contributed by atoms with van der Waals surface area (Å²) >= 11 is 6.00. The maximum Gasteiger partial charge on any atom is 0.131 e. The van der Waals surface area contributed by atoms with Gasteiger partial charge in [0, 0.05) is 30.5 Å². The highest BCUT2D eigenvalue weighted by Gasteiger charge is 2.17. The molecule has 3 aromatic heterocycles. The fraction of sp³-hybridized carbons (Fsp3) is 0.286. The van der Waals surface area contributed by atoms with Crippen molar-refractivity contribution in [1.82, 2.24) is 19.7 Å². The molecule has 0 aromatic carbocycles.